The summed E-state index contributed by atoms with van der Waals surface area (Å²) in [5.41, 5.74) is 3.36. The first-order valence-corrected chi connectivity index (χ1v) is 8.53. The Kier molecular flexibility index (Phi) is 6.18. The van der Waals surface area contributed by atoms with Gasteiger partial charge in [0.25, 0.3) is 0 Å². The third-order valence-electron chi connectivity index (χ3n) is 4.76. The first-order chi connectivity index (χ1) is 11.4. The summed E-state index contributed by atoms with van der Waals surface area (Å²) in [6, 6.07) is 0. The Labute approximate surface area is 143 Å². The number of ether oxygens (including phenoxy) is 1. The molecular weight excluding hydrogens is 304 g/mol. The maximum atomic E-state index is 11.8. The maximum absolute atomic E-state index is 11.8. The van der Waals surface area contributed by atoms with Crippen molar-refractivity contribution in [2.75, 3.05) is 0 Å². The molecule has 1 aliphatic carbocycles. The summed E-state index contributed by atoms with van der Waals surface area (Å²) in [5, 5.41) is 9.29. The average Bonchev–Trinajstić information content (AvgIpc) is 2.77. The summed E-state index contributed by atoms with van der Waals surface area (Å²) >= 11 is 0. The van der Waals surface area contributed by atoms with Gasteiger partial charge in [0.1, 0.15) is 6.10 Å². The van der Waals surface area contributed by atoms with Crippen LogP contribution in [-0.4, -0.2) is 23.1 Å². The Morgan fingerprint density at radius 1 is 1.17 bits per heavy atom. The van der Waals surface area contributed by atoms with Gasteiger partial charge in [0.15, 0.2) is 0 Å². The summed E-state index contributed by atoms with van der Waals surface area (Å²) in [6.07, 6.45) is 10.1. The topological polar surface area (TPSA) is 63.6 Å². The lowest BCUT2D eigenvalue weighted by Crippen LogP contribution is -2.15. The SMILES string of the molecule is C=C1C(=O)O[C@@H]2/C=C(\C)CC/C=C(\C(=O)O)CC/C=C(\C)CCC12. The van der Waals surface area contributed by atoms with Crippen LogP contribution < -0.4 is 0 Å². The van der Waals surface area contributed by atoms with Crippen LogP contribution in [0, 0.1) is 5.92 Å². The minimum Gasteiger partial charge on any atom is -0.478 e. The fourth-order valence-electron chi connectivity index (χ4n) is 3.21. The summed E-state index contributed by atoms with van der Waals surface area (Å²) in [7, 11) is 0. The van der Waals surface area contributed by atoms with Crippen LogP contribution in [0.1, 0.15) is 52.4 Å². The number of carboxylic acid groups (broad SMARTS) is 1. The summed E-state index contributed by atoms with van der Waals surface area (Å²) in [6.45, 7) is 7.95. The zero-order valence-corrected chi connectivity index (χ0v) is 14.5. The quantitative estimate of drug-likeness (QED) is 0.441. The van der Waals surface area contributed by atoms with Gasteiger partial charge in [-0.05, 0) is 58.4 Å². The molecule has 1 saturated heterocycles. The molecule has 1 heterocycles. The second-order valence-electron chi connectivity index (χ2n) is 6.72. The molecule has 2 aliphatic rings. The Balaban J connectivity index is 2.23. The van der Waals surface area contributed by atoms with Crippen LogP contribution in [0.2, 0.25) is 0 Å². The average molecular weight is 330 g/mol. The van der Waals surface area contributed by atoms with E-state index in [1.54, 1.807) is 0 Å². The maximum Gasteiger partial charge on any atom is 0.334 e. The van der Waals surface area contributed by atoms with E-state index in [1.165, 1.54) is 5.57 Å². The molecule has 0 amide bonds. The highest BCUT2D eigenvalue weighted by Gasteiger charge is 2.36. The van der Waals surface area contributed by atoms with Gasteiger partial charge in [0.05, 0.1) is 0 Å². The van der Waals surface area contributed by atoms with Crippen molar-refractivity contribution in [2.24, 2.45) is 5.92 Å². The van der Waals surface area contributed by atoms with Gasteiger partial charge < -0.3 is 9.84 Å². The summed E-state index contributed by atoms with van der Waals surface area (Å²) in [5.74, 6) is -1.10. The number of hydrogen-bond acceptors (Lipinski definition) is 3. The third kappa shape index (κ3) is 4.70. The molecule has 0 aromatic rings. The Morgan fingerprint density at radius 2 is 1.88 bits per heavy atom. The van der Waals surface area contributed by atoms with Gasteiger partial charge in [-0.2, -0.15) is 0 Å². The molecule has 130 valence electrons. The lowest BCUT2D eigenvalue weighted by atomic mass is 9.89. The Hall–Kier alpha value is -2.10. The fraction of sp³-hybridized carbons (Fsp3) is 0.500. The normalized spacial score (nSPS) is 33.0. The van der Waals surface area contributed by atoms with E-state index in [2.05, 4.69) is 12.7 Å². The van der Waals surface area contributed by atoms with E-state index in [0.29, 0.717) is 24.0 Å². The van der Waals surface area contributed by atoms with Gasteiger partial charge in [-0.25, -0.2) is 9.59 Å². The number of carbonyl (C=O) groups is 2. The molecule has 1 fully saturated rings. The van der Waals surface area contributed by atoms with E-state index in [4.69, 9.17) is 4.74 Å². The summed E-state index contributed by atoms with van der Waals surface area (Å²) < 4.78 is 5.46. The molecule has 0 saturated carbocycles. The van der Waals surface area contributed by atoms with Crippen LogP contribution >= 0.6 is 0 Å². The number of fused-ring (bicyclic) bond motifs is 1. The smallest absolute Gasteiger partial charge is 0.334 e. The molecule has 2 atom stereocenters. The van der Waals surface area contributed by atoms with Gasteiger partial charge in [0, 0.05) is 17.1 Å². The molecule has 1 N–H and O–H groups in total. The molecule has 4 nitrogen and oxygen atoms in total. The lowest BCUT2D eigenvalue weighted by Gasteiger charge is -2.16. The van der Waals surface area contributed by atoms with Gasteiger partial charge in [-0.1, -0.05) is 29.9 Å². The molecule has 1 unspecified atom stereocenters. The molecule has 0 radical (unpaired) electrons. The van der Waals surface area contributed by atoms with Gasteiger partial charge >= 0.3 is 11.9 Å². The molecule has 0 spiro atoms. The van der Waals surface area contributed by atoms with E-state index in [9.17, 15) is 14.7 Å². The van der Waals surface area contributed by atoms with Crippen molar-refractivity contribution in [3.8, 4) is 0 Å². The number of carbonyl (C=O) groups excluding carboxylic acids is 1. The number of esters is 1. The minimum atomic E-state index is -0.837. The Morgan fingerprint density at radius 3 is 2.58 bits per heavy atom. The summed E-state index contributed by atoms with van der Waals surface area (Å²) in [4.78, 5) is 23.2. The molecule has 1 aliphatic heterocycles. The number of rotatable bonds is 1. The van der Waals surface area contributed by atoms with Crippen LogP contribution in [0.4, 0.5) is 0 Å². The molecule has 2 rings (SSSR count). The molecule has 24 heavy (non-hydrogen) atoms. The second-order valence-corrected chi connectivity index (χ2v) is 6.72. The van der Waals surface area contributed by atoms with Crippen molar-refractivity contribution in [3.63, 3.8) is 0 Å². The highest BCUT2D eigenvalue weighted by atomic mass is 16.5. The van der Waals surface area contributed by atoms with Crippen molar-refractivity contribution in [1.82, 2.24) is 0 Å². The van der Waals surface area contributed by atoms with Crippen molar-refractivity contribution >= 4 is 11.9 Å². The molecule has 0 aromatic heterocycles. The molecular formula is C20H26O4. The largest absolute Gasteiger partial charge is 0.478 e. The molecule has 0 aromatic carbocycles. The zero-order chi connectivity index (χ0) is 17.7. The van der Waals surface area contributed by atoms with Crippen LogP contribution in [0.5, 0.6) is 0 Å². The molecule has 4 heteroatoms. The minimum absolute atomic E-state index is 0.0314. The zero-order valence-electron chi connectivity index (χ0n) is 14.5. The van der Waals surface area contributed by atoms with Crippen LogP contribution in [-0.2, 0) is 14.3 Å². The first-order valence-electron chi connectivity index (χ1n) is 8.53. The highest BCUT2D eigenvalue weighted by molar-refractivity contribution is 5.91. The lowest BCUT2D eigenvalue weighted by molar-refractivity contribution is -0.137. The predicted molar refractivity (Wildman–Crippen MR) is 93.4 cm³/mol. The number of hydrogen-bond donors (Lipinski definition) is 1. The Bertz CT molecular complexity index is 622. The highest BCUT2D eigenvalue weighted by Crippen LogP contribution is 2.33. The van der Waals surface area contributed by atoms with Gasteiger partial charge in [-0.15, -0.1) is 0 Å². The van der Waals surface area contributed by atoms with Crippen molar-refractivity contribution in [2.45, 2.75) is 58.5 Å². The second kappa shape index (κ2) is 8.13. The number of aliphatic carboxylic acids is 1. The van der Waals surface area contributed by atoms with Gasteiger partial charge in [-0.3, -0.25) is 0 Å². The van der Waals surface area contributed by atoms with E-state index < -0.39 is 5.97 Å². The van der Waals surface area contributed by atoms with Crippen LogP contribution in [0.25, 0.3) is 0 Å². The van der Waals surface area contributed by atoms with Gasteiger partial charge in [0.2, 0.25) is 0 Å². The number of allylic oxidation sites excluding steroid dienone is 4. The van der Waals surface area contributed by atoms with E-state index in [-0.39, 0.29) is 18.0 Å². The standard InChI is InChI=1S/C20H26O4/c1-13-6-4-8-16(19(21)22)9-5-7-14(2)12-18-17(11-10-13)15(3)20(23)24-18/h6,9,12,17-18H,3-5,7-8,10-11H2,1-2H3,(H,21,22)/b13-6+,14-12+,16-9-/t17?,18-/m1/s1. The fourth-order valence-corrected chi connectivity index (χ4v) is 3.21. The van der Waals surface area contributed by atoms with E-state index in [1.807, 2.05) is 26.0 Å². The van der Waals surface area contributed by atoms with Crippen molar-refractivity contribution in [3.05, 3.63) is 47.1 Å². The van der Waals surface area contributed by atoms with Crippen molar-refractivity contribution < 1.29 is 19.4 Å². The third-order valence-corrected chi connectivity index (χ3v) is 4.76. The predicted octanol–water partition coefficient (Wildman–Crippen LogP) is 4.34. The number of carboxylic acids is 1. The molecule has 0 bridgehead atoms. The van der Waals surface area contributed by atoms with Crippen molar-refractivity contribution in [1.29, 1.82) is 0 Å². The van der Waals surface area contributed by atoms with Crippen LogP contribution in [0.3, 0.4) is 0 Å². The van der Waals surface area contributed by atoms with E-state index in [0.717, 1.165) is 31.3 Å². The monoisotopic (exact) mass is 330 g/mol. The van der Waals surface area contributed by atoms with E-state index >= 15 is 0 Å². The van der Waals surface area contributed by atoms with Crippen LogP contribution in [0.15, 0.2) is 47.1 Å². The first kappa shape index (κ1) is 18.2.